The molecular weight excluding hydrogens is 423 g/mol. The smallest absolute Gasteiger partial charge is 0.274 e. The molecule has 0 saturated carbocycles. The van der Waals surface area contributed by atoms with E-state index in [4.69, 9.17) is 0 Å². The molecular formula is C24H25FN6O2. The maximum atomic E-state index is 14.9. The molecule has 1 aliphatic rings. The van der Waals surface area contributed by atoms with Crippen molar-refractivity contribution in [2.75, 3.05) is 38.1 Å². The zero-order valence-corrected chi connectivity index (χ0v) is 18.6. The van der Waals surface area contributed by atoms with Gasteiger partial charge in [0.15, 0.2) is 5.82 Å². The summed E-state index contributed by atoms with van der Waals surface area (Å²) in [5, 5.41) is 6.75. The quantitative estimate of drug-likeness (QED) is 0.501. The molecule has 0 unspecified atom stereocenters. The number of nitrogens with one attached hydrogen (secondary N) is 2. The van der Waals surface area contributed by atoms with Crippen molar-refractivity contribution in [1.29, 1.82) is 0 Å². The molecule has 1 fully saturated rings. The first kappa shape index (κ1) is 21.1. The number of benzene rings is 2. The van der Waals surface area contributed by atoms with Crippen LogP contribution in [0.25, 0.3) is 16.6 Å². The number of nitrogens with zero attached hydrogens (tertiary/aromatic N) is 4. The number of amides is 1. The monoisotopic (exact) mass is 448 g/mol. The number of halogens is 1. The molecule has 1 saturated heterocycles. The summed E-state index contributed by atoms with van der Waals surface area (Å²) in [5.74, 6) is -0.496. The minimum Gasteiger partial charge on any atom is -0.369 e. The van der Waals surface area contributed by atoms with Gasteiger partial charge in [-0.2, -0.15) is 5.10 Å². The first-order valence-corrected chi connectivity index (χ1v) is 10.9. The second-order valence-electron chi connectivity index (χ2n) is 8.40. The molecule has 8 nitrogen and oxygen atoms in total. The summed E-state index contributed by atoms with van der Waals surface area (Å²) < 4.78 is 16.3. The Morgan fingerprint density at radius 1 is 1.15 bits per heavy atom. The molecule has 0 spiro atoms. The average molecular weight is 449 g/mol. The standard InChI is InChI=1S/C24H25FN6O2/c1-15-11-17(23(32)26-2)3-4-20(15)30-9-7-29(8-10-30)14-16-12-18(25)22-19(13-16)28-24(33)21-5-6-27-31(21)22/h3-6,11-13H,7-10,14H2,1-2H3,(H,26,32)(H,28,33). The van der Waals surface area contributed by atoms with Crippen LogP contribution in [-0.4, -0.2) is 58.6 Å². The number of carbonyl (C=O) groups excluding carboxylic acids is 1. The molecule has 1 amide bonds. The van der Waals surface area contributed by atoms with Crippen LogP contribution < -0.4 is 15.8 Å². The molecule has 2 aromatic heterocycles. The molecule has 3 heterocycles. The van der Waals surface area contributed by atoms with Gasteiger partial charge in [0.1, 0.15) is 11.0 Å². The zero-order chi connectivity index (χ0) is 23.1. The molecule has 0 aliphatic carbocycles. The average Bonchev–Trinajstić information content (AvgIpc) is 3.29. The lowest BCUT2D eigenvalue weighted by Gasteiger charge is -2.37. The first-order chi connectivity index (χ1) is 15.9. The van der Waals surface area contributed by atoms with E-state index in [1.807, 2.05) is 31.2 Å². The Hall–Kier alpha value is -3.72. The maximum Gasteiger partial charge on any atom is 0.274 e. The maximum absolute atomic E-state index is 14.9. The van der Waals surface area contributed by atoms with Crippen molar-refractivity contribution in [2.24, 2.45) is 0 Å². The van der Waals surface area contributed by atoms with Gasteiger partial charge in [0, 0.05) is 51.0 Å². The number of rotatable bonds is 4. The van der Waals surface area contributed by atoms with E-state index in [0.29, 0.717) is 23.1 Å². The van der Waals surface area contributed by atoms with Gasteiger partial charge in [0.05, 0.1) is 11.7 Å². The van der Waals surface area contributed by atoms with E-state index in [9.17, 15) is 14.0 Å². The predicted molar refractivity (Wildman–Crippen MR) is 125 cm³/mol. The van der Waals surface area contributed by atoms with E-state index < -0.39 is 5.82 Å². The lowest BCUT2D eigenvalue weighted by Crippen LogP contribution is -2.46. The van der Waals surface area contributed by atoms with Crippen molar-refractivity contribution >= 4 is 28.1 Å². The summed E-state index contributed by atoms with van der Waals surface area (Å²) in [6.07, 6.45) is 1.49. The highest BCUT2D eigenvalue weighted by atomic mass is 19.1. The molecule has 0 bridgehead atoms. The van der Waals surface area contributed by atoms with E-state index in [1.54, 1.807) is 13.1 Å². The van der Waals surface area contributed by atoms with Gasteiger partial charge in [-0.05, 0) is 54.4 Å². The molecule has 9 heteroatoms. The molecule has 0 radical (unpaired) electrons. The van der Waals surface area contributed by atoms with E-state index in [0.717, 1.165) is 43.0 Å². The van der Waals surface area contributed by atoms with Crippen LogP contribution in [0.2, 0.25) is 0 Å². The number of anilines is 1. The molecule has 1 aliphatic heterocycles. The lowest BCUT2D eigenvalue weighted by atomic mass is 10.1. The van der Waals surface area contributed by atoms with Crippen LogP contribution >= 0.6 is 0 Å². The highest BCUT2D eigenvalue weighted by Gasteiger charge is 2.20. The summed E-state index contributed by atoms with van der Waals surface area (Å²) in [4.78, 5) is 31.5. The van der Waals surface area contributed by atoms with Crippen LogP contribution in [0.5, 0.6) is 0 Å². The van der Waals surface area contributed by atoms with Crippen molar-refractivity contribution < 1.29 is 9.18 Å². The first-order valence-electron chi connectivity index (χ1n) is 10.9. The predicted octanol–water partition coefficient (Wildman–Crippen LogP) is 2.31. The number of carbonyl (C=O) groups is 1. The number of aromatic nitrogens is 3. The summed E-state index contributed by atoms with van der Waals surface area (Å²) >= 11 is 0. The molecule has 170 valence electrons. The number of aromatic amines is 1. The van der Waals surface area contributed by atoms with Crippen LogP contribution in [0, 0.1) is 12.7 Å². The summed E-state index contributed by atoms with van der Waals surface area (Å²) in [6, 6.07) is 10.7. The number of piperazine rings is 1. The normalized spacial score (nSPS) is 14.8. The van der Waals surface area contributed by atoms with Crippen molar-refractivity contribution in [2.45, 2.75) is 13.5 Å². The fourth-order valence-electron chi connectivity index (χ4n) is 4.60. The number of H-pyrrole nitrogens is 1. The Labute approximate surface area is 189 Å². The Balaban J connectivity index is 1.31. The van der Waals surface area contributed by atoms with Crippen LogP contribution in [-0.2, 0) is 6.54 Å². The van der Waals surface area contributed by atoms with E-state index >= 15 is 0 Å². The van der Waals surface area contributed by atoms with Gasteiger partial charge >= 0.3 is 0 Å². The Morgan fingerprint density at radius 2 is 1.94 bits per heavy atom. The van der Waals surface area contributed by atoms with E-state index in [2.05, 4.69) is 25.2 Å². The lowest BCUT2D eigenvalue weighted by molar-refractivity contribution is 0.0963. The highest BCUT2D eigenvalue weighted by Crippen LogP contribution is 2.24. The van der Waals surface area contributed by atoms with Crippen LogP contribution in [0.1, 0.15) is 21.5 Å². The van der Waals surface area contributed by atoms with Gasteiger partial charge in [-0.25, -0.2) is 8.91 Å². The fraction of sp³-hybridized carbons (Fsp3) is 0.292. The van der Waals surface area contributed by atoms with Crippen LogP contribution in [0.15, 0.2) is 47.4 Å². The molecule has 4 aromatic rings. The van der Waals surface area contributed by atoms with Gasteiger partial charge in [0.25, 0.3) is 11.5 Å². The molecule has 5 rings (SSSR count). The molecule has 2 aromatic carbocycles. The minimum absolute atomic E-state index is 0.0910. The minimum atomic E-state index is -0.405. The summed E-state index contributed by atoms with van der Waals surface area (Å²) in [7, 11) is 1.63. The highest BCUT2D eigenvalue weighted by molar-refractivity contribution is 5.94. The SMILES string of the molecule is CNC(=O)c1ccc(N2CCN(Cc3cc(F)c4c(c3)[nH]c(=O)c3ccnn34)CC2)c(C)c1. The zero-order valence-electron chi connectivity index (χ0n) is 18.6. The summed E-state index contributed by atoms with van der Waals surface area (Å²) in [5.41, 5.74) is 4.40. The topological polar surface area (TPSA) is 85.7 Å². The van der Waals surface area contributed by atoms with E-state index in [1.165, 1.54) is 16.8 Å². The second kappa shape index (κ2) is 8.32. The largest absolute Gasteiger partial charge is 0.369 e. The van der Waals surface area contributed by atoms with Crippen LogP contribution in [0.3, 0.4) is 0 Å². The van der Waals surface area contributed by atoms with Gasteiger partial charge in [0.2, 0.25) is 0 Å². The van der Waals surface area contributed by atoms with E-state index in [-0.39, 0.29) is 17.0 Å². The second-order valence-corrected chi connectivity index (χ2v) is 8.40. The number of aryl methyl sites for hydroxylation is 1. The fourth-order valence-corrected chi connectivity index (χ4v) is 4.60. The third kappa shape index (κ3) is 3.84. The molecule has 0 atom stereocenters. The third-order valence-corrected chi connectivity index (χ3v) is 6.26. The van der Waals surface area contributed by atoms with Gasteiger partial charge in [-0.1, -0.05) is 0 Å². The van der Waals surface area contributed by atoms with Crippen molar-refractivity contribution in [3.8, 4) is 0 Å². The van der Waals surface area contributed by atoms with Crippen molar-refractivity contribution in [3.63, 3.8) is 0 Å². The summed E-state index contributed by atoms with van der Waals surface area (Å²) in [6.45, 7) is 5.93. The third-order valence-electron chi connectivity index (χ3n) is 6.26. The Morgan fingerprint density at radius 3 is 2.67 bits per heavy atom. The number of hydrogen-bond acceptors (Lipinski definition) is 5. The van der Waals surface area contributed by atoms with Gasteiger partial charge in [-0.15, -0.1) is 0 Å². The van der Waals surface area contributed by atoms with Gasteiger partial charge < -0.3 is 15.2 Å². The molecule has 33 heavy (non-hydrogen) atoms. The number of hydrogen-bond donors (Lipinski definition) is 2. The Bertz CT molecular complexity index is 1420. The molecule has 2 N–H and O–H groups in total. The van der Waals surface area contributed by atoms with Crippen molar-refractivity contribution in [1.82, 2.24) is 24.8 Å². The van der Waals surface area contributed by atoms with Crippen molar-refractivity contribution in [3.05, 3.63) is 75.5 Å². The van der Waals surface area contributed by atoms with Crippen LogP contribution in [0.4, 0.5) is 10.1 Å². The Kier molecular flexibility index (Phi) is 5.33. The van der Waals surface area contributed by atoms with Gasteiger partial charge in [-0.3, -0.25) is 14.5 Å². The number of fused-ring (bicyclic) bond motifs is 3.